The first kappa shape index (κ1) is 19.4. The number of hydrogen-bond acceptors (Lipinski definition) is 3. The molecule has 1 aromatic carbocycles. The Morgan fingerprint density at radius 3 is 2.76 bits per heavy atom. The van der Waals surface area contributed by atoms with E-state index in [0.29, 0.717) is 5.56 Å². The summed E-state index contributed by atoms with van der Waals surface area (Å²) in [5.41, 5.74) is 6.57. The zero-order valence-corrected chi connectivity index (χ0v) is 14.9. The molecular formula is C18H24ClFN4O. The lowest BCUT2D eigenvalue weighted by Crippen LogP contribution is -2.27. The summed E-state index contributed by atoms with van der Waals surface area (Å²) in [5, 5.41) is 7.74. The number of halogens is 2. The molecule has 0 spiro atoms. The van der Waals surface area contributed by atoms with Crippen LogP contribution in [-0.2, 0) is 6.54 Å². The van der Waals surface area contributed by atoms with Gasteiger partial charge in [0.1, 0.15) is 5.82 Å². The Kier molecular flexibility index (Phi) is 6.96. The molecule has 1 saturated heterocycles. The highest BCUT2D eigenvalue weighted by molar-refractivity contribution is 5.93. The quantitative estimate of drug-likeness (QED) is 0.825. The molecule has 1 amide bonds. The molecule has 0 aliphatic carbocycles. The van der Waals surface area contributed by atoms with Gasteiger partial charge in [0, 0.05) is 18.3 Å². The Balaban J connectivity index is 0.00000225. The summed E-state index contributed by atoms with van der Waals surface area (Å²) >= 11 is 0. The van der Waals surface area contributed by atoms with E-state index in [4.69, 9.17) is 5.73 Å². The Hall–Kier alpha value is -1.92. The summed E-state index contributed by atoms with van der Waals surface area (Å²) in [6.07, 6.45) is 8.48. The number of amides is 1. The summed E-state index contributed by atoms with van der Waals surface area (Å²) in [6, 6.07) is 4.44. The van der Waals surface area contributed by atoms with Gasteiger partial charge in [-0.1, -0.05) is 6.07 Å². The maximum Gasteiger partial charge on any atom is 0.251 e. The molecule has 2 heterocycles. The molecule has 0 atom stereocenters. The lowest BCUT2D eigenvalue weighted by Gasteiger charge is -2.22. The molecular weight excluding hydrogens is 343 g/mol. The number of primary amides is 1. The van der Waals surface area contributed by atoms with Crippen molar-refractivity contribution in [1.82, 2.24) is 15.1 Å². The highest BCUT2D eigenvalue weighted by Gasteiger charge is 2.13. The average Bonchev–Trinajstić information content (AvgIpc) is 3.04. The van der Waals surface area contributed by atoms with Crippen molar-refractivity contribution in [2.75, 3.05) is 13.1 Å². The average molecular weight is 367 g/mol. The second kappa shape index (κ2) is 8.97. The molecule has 0 bridgehead atoms. The van der Waals surface area contributed by atoms with E-state index in [2.05, 4.69) is 10.4 Å². The number of carbonyl (C=O) groups excluding carboxylic acids is 1. The van der Waals surface area contributed by atoms with Crippen LogP contribution in [0.1, 0.15) is 36.0 Å². The third-order valence-corrected chi connectivity index (χ3v) is 4.66. The lowest BCUT2D eigenvalue weighted by molar-refractivity contribution is 0.0996. The van der Waals surface area contributed by atoms with E-state index in [-0.39, 0.29) is 18.0 Å². The van der Waals surface area contributed by atoms with Crippen LogP contribution < -0.4 is 11.1 Å². The Morgan fingerprint density at radius 2 is 2.08 bits per heavy atom. The fourth-order valence-corrected chi connectivity index (χ4v) is 3.24. The predicted octanol–water partition coefficient (Wildman–Crippen LogP) is 2.99. The van der Waals surface area contributed by atoms with Gasteiger partial charge in [-0.3, -0.25) is 9.48 Å². The van der Waals surface area contributed by atoms with Gasteiger partial charge in [0.05, 0.1) is 11.8 Å². The van der Waals surface area contributed by atoms with Gasteiger partial charge in [0.2, 0.25) is 0 Å². The van der Waals surface area contributed by atoms with Crippen LogP contribution >= 0.6 is 12.4 Å². The van der Waals surface area contributed by atoms with Crippen molar-refractivity contribution in [3.05, 3.63) is 42.0 Å². The predicted molar refractivity (Wildman–Crippen MR) is 98.2 cm³/mol. The van der Waals surface area contributed by atoms with E-state index >= 15 is 0 Å². The van der Waals surface area contributed by atoms with E-state index in [1.165, 1.54) is 31.4 Å². The van der Waals surface area contributed by atoms with Crippen molar-refractivity contribution >= 4 is 18.3 Å². The molecule has 2 aromatic rings. The molecule has 5 nitrogen and oxygen atoms in total. The molecule has 0 radical (unpaired) electrons. The Morgan fingerprint density at radius 1 is 1.32 bits per heavy atom. The number of nitrogens with zero attached hydrogens (tertiary/aromatic N) is 2. The summed E-state index contributed by atoms with van der Waals surface area (Å²) in [5.74, 6) is -0.539. The second-order valence-corrected chi connectivity index (χ2v) is 6.39. The first-order valence-electron chi connectivity index (χ1n) is 8.46. The largest absolute Gasteiger partial charge is 0.366 e. The number of nitrogens with two attached hydrogens (primary N) is 1. The van der Waals surface area contributed by atoms with Gasteiger partial charge in [-0.15, -0.1) is 12.4 Å². The first-order valence-corrected chi connectivity index (χ1v) is 8.46. The minimum atomic E-state index is -0.757. The molecule has 1 aliphatic heterocycles. The van der Waals surface area contributed by atoms with E-state index in [0.717, 1.165) is 37.5 Å². The number of rotatable bonds is 6. The summed E-state index contributed by atoms with van der Waals surface area (Å²) in [6.45, 7) is 3.12. The molecule has 1 fully saturated rings. The third kappa shape index (κ3) is 5.03. The van der Waals surface area contributed by atoms with Crippen LogP contribution in [0.3, 0.4) is 0 Å². The van der Waals surface area contributed by atoms with Crippen molar-refractivity contribution in [2.45, 2.75) is 32.2 Å². The summed E-state index contributed by atoms with van der Waals surface area (Å²) in [4.78, 5) is 11.1. The number of carbonyl (C=O) groups is 1. The van der Waals surface area contributed by atoms with Crippen molar-refractivity contribution in [1.29, 1.82) is 0 Å². The molecule has 3 rings (SSSR count). The standard InChI is InChI=1S/C18H23FN4O.ClH/c19-17-10-14(3-4-16(17)18(20)24)15-11-22-23(12-15)9-1-2-13-5-7-21-8-6-13;/h3-4,10-13,21H,1-2,5-9H2,(H2,20,24);1H. The van der Waals surface area contributed by atoms with E-state index in [1.54, 1.807) is 12.3 Å². The lowest BCUT2D eigenvalue weighted by atomic mass is 9.93. The third-order valence-electron chi connectivity index (χ3n) is 4.66. The molecule has 7 heteroatoms. The molecule has 3 N–H and O–H groups in total. The van der Waals surface area contributed by atoms with Gasteiger partial charge >= 0.3 is 0 Å². The first-order chi connectivity index (χ1) is 11.6. The van der Waals surface area contributed by atoms with Crippen LogP contribution in [0.25, 0.3) is 11.1 Å². The van der Waals surface area contributed by atoms with E-state index in [9.17, 15) is 9.18 Å². The molecule has 25 heavy (non-hydrogen) atoms. The van der Waals surface area contributed by atoms with Crippen LogP contribution in [0.15, 0.2) is 30.6 Å². The highest BCUT2D eigenvalue weighted by Crippen LogP contribution is 2.22. The fraction of sp³-hybridized carbons (Fsp3) is 0.444. The maximum absolute atomic E-state index is 13.9. The van der Waals surface area contributed by atoms with Gasteiger partial charge in [0.25, 0.3) is 5.91 Å². The minimum Gasteiger partial charge on any atom is -0.366 e. The molecule has 1 aliphatic rings. The number of aryl methyl sites for hydroxylation is 1. The Bertz CT molecular complexity index is 713. The number of aromatic nitrogens is 2. The highest BCUT2D eigenvalue weighted by atomic mass is 35.5. The smallest absolute Gasteiger partial charge is 0.251 e. The van der Waals surface area contributed by atoms with Crippen molar-refractivity contribution in [2.24, 2.45) is 11.7 Å². The number of hydrogen-bond donors (Lipinski definition) is 2. The minimum absolute atomic E-state index is 0. The zero-order chi connectivity index (χ0) is 16.9. The molecule has 1 aromatic heterocycles. The molecule has 136 valence electrons. The van der Waals surface area contributed by atoms with Crippen molar-refractivity contribution in [3.8, 4) is 11.1 Å². The van der Waals surface area contributed by atoms with Gasteiger partial charge in [0.15, 0.2) is 0 Å². The summed E-state index contributed by atoms with van der Waals surface area (Å²) < 4.78 is 15.8. The van der Waals surface area contributed by atoms with Crippen LogP contribution in [0.2, 0.25) is 0 Å². The number of piperidine rings is 1. The second-order valence-electron chi connectivity index (χ2n) is 6.39. The van der Waals surface area contributed by atoms with Gasteiger partial charge in [-0.25, -0.2) is 4.39 Å². The number of nitrogens with one attached hydrogen (secondary N) is 1. The van der Waals surface area contributed by atoms with Crippen LogP contribution in [0.4, 0.5) is 4.39 Å². The SMILES string of the molecule is Cl.NC(=O)c1ccc(-c2cnn(CCCC3CCNCC3)c2)cc1F. The zero-order valence-electron chi connectivity index (χ0n) is 14.1. The Labute approximate surface area is 153 Å². The van der Waals surface area contributed by atoms with Gasteiger partial charge < -0.3 is 11.1 Å². The molecule has 0 unspecified atom stereocenters. The normalized spacial score (nSPS) is 14.9. The summed E-state index contributed by atoms with van der Waals surface area (Å²) in [7, 11) is 0. The fourth-order valence-electron chi connectivity index (χ4n) is 3.24. The maximum atomic E-state index is 13.9. The molecule has 0 saturated carbocycles. The van der Waals surface area contributed by atoms with Gasteiger partial charge in [-0.2, -0.15) is 5.10 Å². The van der Waals surface area contributed by atoms with E-state index < -0.39 is 11.7 Å². The van der Waals surface area contributed by atoms with Crippen molar-refractivity contribution < 1.29 is 9.18 Å². The monoisotopic (exact) mass is 366 g/mol. The van der Waals surface area contributed by atoms with Crippen molar-refractivity contribution in [3.63, 3.8) is 0 Å². The number of benzene rings is 1. The van der Waals surface area contributed by atoms with E-state index in [1.807, 2.05) is 10.9 Å². The van der Waals surface area contributed by atoms with Crippen LogP contribution in [0.5, 0.6) is 0 Å². The topological polar surface area (TPSA) is 72.9 Å². The van der Waals surface area contributed by atoms with Gasteiger partial charge in [-0.05, 0) is 62.4 Å². The van der Waals surface area contributed by atoms with Crippen LogP contribution in [0, 0.1) is 11.7 Å². The van der Waals surface area contributed by atoms with Crippen LogP contribution in [-0.4, -0.2) is 28.8 Å².